The predicted octanol–water partition coefficient (Wildman–Crippen LogP) is 4.82. The van der Waals surface area contributed by atoms with Crippen molar-refractivity contribution in [1.82, 2.24) is 4.90 Å². The third-order valence-corrected chi connectivity index (χ3v) is 6.56. The van der Waals surface area contributed by atoms with E-state index in [-0.39, 0.29) is 30.2 Å². The summed E-state index contributed by atoms with van der Waals surface area (Å²) in [7, 11) is 1.55. The Morgan fingerprint density at radius 2 is 1.63 bits per heavy atom. The minimum atomic E-state index is -0.901. The lowest BCUT2D eigenvalue weighted by atomic mass is 9.93. The zero-order chi connectivity index (χ0) is 27.6. The lowest BCUT2D eigenvalue weighted by molar-refractivity contribution is -0.140. The minimum absolute atomic E-state index is 0.0295. The standard InChI is InChI=1S/C30H29NO7/c1-5-38-30(36)21-8-6-19(7-9-21)16-31-26(20-10-12-22(32)13-11-20)25(28(34)29(31)35)27(33)23-14-18(3)24(37-4)15-17(23)2/h6-15,26,32-33H,5,16H2,1-4H3/b27-25+. The summed E-state index contributed by atoms with van der Waals surface area (Å²) in [6.07, 6.45) is 0. The largest absolute Gasteiger partial charge is 0.508 e. The number of rotatable bonds is 7. The van der Waals surface area contributed by atoms with E-state index < -0.39 is 23.7 Å². The van der Waals surface area contributed by atoms with Crippen LogP contribution in [-0.2, 0) is 20.9 Å². The van der Waals surface area contributed by atoms with E-state index in [1.54, 1.807) is 69.5 Å². The Bertz CT molecular complexity index is 1420. The molecular weight excluding hydrogens is 486 g/mol. The zero-order valence-electron chi connectivity index (χ0n) is 21.6. The summed E-state index contributed by atoms with van der Waals surface area (Å²) >= 11 is 0. The Kier molecular flexibility index (Phi) is 7.52. The lowest BCUT2D eigenvalue weighted by Gasteiger charge is -2.26. The van der Waals surface area contributed by atoms with Gasteiger partial charge in [-0.2, -0.15) is 0 Å². The molecule has 4 rings (SSSR count). The first kappa shape index (κ1) is 26.5. The van der Waals surface area contributed by atoms with E-state index in [9.17, 15) is 24.6 Å². The van der Waals surface area contributed by atoms with Crippen LogP contribution >= 0.6 is 0 Å². The molecule has 38 heavy (non-hydrogen) atoms. The van der Waals surface area contributed by atoms with Gasteiger partial charge < -0.3 is 24.6 Å². The van der Waals surface area contributed by atoms with Gasteiger partial charge in [-0.05, 0) is 79.4 Å². The molecule has 0 bridgehead atoms. The van der Waals surface area contributed by atoms with Gasteiger partial charge in [0.25, 0.3) is 11.7 Å². The average Bonchev–Trinajstić information content (AvgIpc) is 3.15. The highest BCUT2D eigenvalue weighted by Gasteiger charge is 2.46. The number of ether oxygens (including phenoxy) is 2. The molecule has 0 radical (unpaired) electrons. The molecule has 2 N–H and O–H groups in total. The molecule has 0 saturated carbocycles. The van der Waals surface area contributed by atoms with Crippen molar-refractivity contribution in [2.45, 2.75) is 33.4 Å². The SMILES string of the molecule is CCOC(=O)c1ccc(CN2C(=O)C(=O)/C(=C(/O)c3cc(C)c(OC)cc3C)C2c2ccc(O)cc2)cc1. The van der Waals surface area contributed by atoms with Crippen LogP contribution in [-0.4, -0.2) is 46.5 Å². The summed E-state index contributed by atoms with van der Waals surface area (Å²) in [6, 6.07) is 15.3. The number of amides is 1. The van der Waals surface area contributed by atoms with Gasteiger partial charge in [0.05, 0.1) is 30.9 Å². The molecule has 1 amide bonds. The maximum Gasteiger partial charge on any atom is 0.338 e. The molecule has 196 valence electrons. The Morgan fingerprint density at radius 1 is 0.974 bits per heavy atom. The number of benzene rings is 3. The van der Waals surface area contributed by atoms with Crippen molar-refractivity contribution in [3.05, 3.63) is 99.6 Å². The summed E-state index contributed by atoms with van der Waals surface area (Å²) in [5.41, 5.74) is 3.42. The second-order valence-corrected chi connectivity index (χ2v) is 9.07. The Labute approximate surface area is 220 Å². The number of methoxy groups -OCH3 is 1. The number of aliphatic hydroxyl groups is 1. The highest BCUT2D eigenvalue weighted by Crippen LogP contribution is 2.41. The lowest BCUT2D eigenvalue weighted by Crippen LogP contribution is -2.29. The number of nitrogens with zero attached hydrogens (tertiary/aromatic N) is 1. The summed E-state index contributed by atoms with van der Waals surface area (Å²) in [6.45, 7) is 5.64. The summed E-state index contributed by atoms with van der Waals surface area (Å²) in [5, 5.41) is 21.3. The number of likely N-dealkylation sites (tertiary alicyclic amines) is 1. The fourth-order valence-corrected chi connectivity index (χ4v) is 4.61. The molecule has 8 heteroatoms. The molecule has 8 nitrogen and oxygen atoms in total. The van der Waals surface area contributed by atoms with Gasteiger partial charge >= 0.3 is 5.97 Å². The number of hydrogen-bond donors (Lipinski definition) is 2. The normalized spacial score (nSPS) is 16.5. The fraction of sp³-hybridized carbons (Fsp3) is 0.233. The van der Waals surface area contributed by atoms with Crippen molar-refractivity contribution < 1.29 is 34.1 Å². The van der Waals surface area contributed by atoms with Crippen LogP contribution in [0.2, 0.25) is 0 Å². The Hall–Kier alpha value is -4.59. The summed E-state index contributed by atoms with van der Waals surface area (Å²) in [4.78, 5) is 40.1. The number of ketones is 1. The predicted molar refractivity (Wildman–Crippen MR) is 141 cm³/mol. The second kappa shape index (κ2) is 10.8. The van der Waals surface area contributed by atoms with Gasteiger partial charge in [0.15, 0.2) is 0 Å². The van der Waals surface area contributed by atoms with Crippen LogP contribution in [0.4, 0.5) is 0 Å². The number of Topliss-reactive ketones (excluding diaryl/α,β-unsaturated/α-hetero) is 1. The van der Waals surface area contributed by atoms with Crippen LogP contribution in [0, 0.1) is 13.8 Å². The number of carbonyl (C=O) groups excluding carboxylic acids is 3. The van der Waals surface area contributed by atoms with Crippen LogP contribution < -0.4 is 4.74 Å². The van der Waals surface area contributed by atoms with Crippen molar-refractivity contribution in [2.24, 2.45) is 0 Å². The minimum Gasteiger partial charge on any atom is -0.508 e. The second-order valence-electron chi connectivity index (χ2n) is 9.07. The molecule has 0 aliphatic carbocycles. The van der Waals surface area contributed by atoms with Gasteiger partial charge in [0.2, 0.25) is 0 Å². The maximum atomic E-state index is 13.4. The van der Waals surface area contributed by atoms with E-state index >= 15 is 0 Å². The topological polar surface area (TPSA) is 113 Å². The Balaban J connectivity index is 1.80. The van der Waals surface area contributed by atoms with E-state index in [0.29, 0.717) is 33.6 Å². The van der Waals surface area contributed by atoms with Gasteiger partial charge in [-0.25, -0.2) is 4.79 Å². The number of hydrogen-bond acceptors (Lipinski definition) is 7. The average molecular weight is 516 g/mol. The van der Waals surface area contributed by atoms with E-state index in [1.165, 1.54) is 17.0 Å². The number of phenols is 1. The highest BCUT2D eigenvalue weighted by molar-refractivity contribution is 6.46. The number of esters is 1. The number of aliphatic hydroxyl groups excluding tert-OH is 1. The third-order valence-electron chi connectivity index (χ3n) is 6.56. The summed E-state index contributed by atoms with van der Waals surface area (Å²) < 4.78 is 10.4. The van der Waals surface area contributed by atoms with Gasteiger partial charge in [0.1, 0.15) is 17.3 Å². The van der Waals surface area contributed by atoms with Crippen molar-refractivity contribution in [2.75, 3.05) is 13.7 Å². The monoisotopic (exact) mass is 515 g/mol. The molecule has 1 atom stereocenters. The number of phenolic OH excluding ortho intramolecular Hbond substituents is 1. The van der Waals surface area contributed by atoms with Crippen LogP contribution in [0.5, 0.6) is 11.5 Å². The maximum absolute atomic E-state index is 13.4. The molecule has 1 unspecified atom stereocenters. The van der Waals surface area contributed by atoms with Crippen molar-refractivity contribution in [3.8, 4) is 11.5 Å². The molecular formula is C30H29NO7. The smallest absolute Gasteiger partial charge is 0.338 e. The van der Waals surface area contributed by atoms with Gasteiger partial charge in [-0.15, -0.1) is 0 Å². The molecule has 1 aliphatic heterocycles. The molecule has 0 aromatic heterocycles. The quantitative estimate of drug-likeness (QED) is 0.201. The highest BCUT2D eigenvalue weighted by atomic mass is 16.5. The first-order valence-electron chi connectivity index (χ1n) is 12.1. The van der Waals surface area contributed by atoms with E-state index in [0.717, 1.165) is 5.56 Å². The van der Waals surface area contributed by atoms with Gasteiger partial charge in [-0.3, -0.25) is 9.59 Å². The van der Waals surface area contributed by atoms with Gasteiger partial charge in [-0.1, -0.05) is 24.3 Å². The van der Waals surface area contributed by atoms with Crippen molar-refractivity contribution in [3.63, 3.8) is 0 Å². The first-order chi connectivity index (χ1) is 18.2. The van der Waals surface area contributed by atoms with Crippen molar-refractivity contribution in [1.29, 1.82) is 0 Å². The molecule has 1 aliphatic rings. The fourth-order valence-electron chi connectivity index (χ4n) is 4.61. The number of carbonyl (C=O) groups is 3. The van der Waals surface area contributed by atoms with Crippen molar-refractivity contribution >= 4 is 23.4 Å². The van der Waals surface area contributed by atoms with Gasteiger partial charge in [0, 0.05) is 12.1 Å². The van der Waals surface area contributed by atoms with Crippen LogP contribution in [0.1, 0.15) is 51.1 Å². The van der Waals surface area contributed by atoms with Crippen LogP contribution in [0.15, 0.2) is 66.2 Å². The number of aryl methyl sites for hydroxylation is 2. The van der Waals surface area contributed by atoms with E-state index in [2.05, 4.69) is 0 Å². The van der Waals surface area contributed by atoms with Crippen LogP contribution in [0.3, 0.4) is 0 Å². The van der Waals surface area contributed by atoms with Crippen LogP contribution in [0.25, 0.3) is 5.76 Å². The summed E-state index contributed by atoms with van der Waals surface area (Å²) in [5.74, 6) is -1.64. The number of aromatic hydroxyl groups is 1. The van der Waals surface area contributed by atoms with E-state index in [4.69, 9.17) is 9.47 Å². The zero-order valence-corrected chi connectivity index (χ0v) is 21.6. The molecule has 3 aromatic rings. The molecule has 1 fully saturated rings. The molecule has 3 aromatic carbocycles. The third kappa shape index (κ3) is 4.98. The van der Waals surface area contributed by atoms with E-state index in [1.807, 2.05) is 6.92 Å². The molecule has 1 saturated heterocycles. The first-order valence-corrected chi connectivity index (χ1v) is 12.1. The molecule has 1 heterocycles. The Morgan fingerprint density at radius 3 is 2.24 bits per heavy atom. The molecule has 0 spiro atoms.